The molecule has 0 aromatic heterocycles. The Labute approximate surface area is 129 Å². The van der Waals surface area contributed by atoms with Crippen LogP contribution in [-0.4, -0.2) is 38.6 Å². The quantitative estimate of drug-likeness (QED) is 0.598. The predicted octanol–water partition coefficient (Wildman–Crippen LogP) is 0.665. The highest BCUT2D eigenvalue weighted by Gasteiger charge is 2.26. The minimum absolute atomic E-state index is 0.0821. The first-order valence-corrected chi connectivity index (χ1v) is 7.11. The molecule has 1 unspecified atom stereocenters. The molecule has 0 fully saturated rings. The Kier molecular flexibility index (Phi) is 5.41. The van der Waals surface area contributed by atoms with Crippen molar-refractivity contribution in [2.24, 2.45) is 5.92 Å². The fourth-order valence-corrected chi connectivity index (χ4v) is 2.25. The SMILES string of the molecule is C=CC(=O)NCCNC(=O)C1COc2ccc(OC)cc2C1. The first-order chi connectivity index (χ1) is 10.6. The van der Waals surface area contributed by atoms with Crippen molar-refractivity contribution >= 4 is 11.8 Å². The summed E-state index contributed by atoms with van der Waals surface area (Å²) in [6.07, 6.45) is 1.80. The molecule has 2 rings (SSSR count). The van der Waals surface area contributed by atoms with Crippen LogP contribution in [-0.2, 0) is 16.0 Å². The van der Waals surface area contributed by atoms with Crippen molar-refractivity contribution in [1.29, 1.82) is 0 Å². The normalized spacial score (nSPS) is 16.0. The summed E-state index contributed by atoms with van der Waals surface area (Å²) < 4.78 is 10.8. The second kappa shape index (κ2) is 7.49. The molecule has 1 atom stereocenters. The van der Waals surface area contributed by atoms with Crippen molar-refractivity contribution in [2.75, 3.05) is 26.8 Å². The molecule has 22 heavy (non-hydrogen) atoms. The molecule has 1 aliphatic rings. The van der Waals surface area contributed by atoms with E-state index < -0.39 is 0 Å². The van der Waals surface area contributed by atoms with Crippen molar-refractivity contribution in [3.8, 4) is 11.5 Å². The van der Waals surface area contributed by atoms with E-state index in [-0.39, 0.29) is 17.7 Å². The van der Waals surface area contributed by atoms with Crippen molar-refractivity contribution in [1.82, 2.24) is 10.6 Å². The lowest BCUT2D eigenvalue weighted by Crippen LogP contribution is -2.40. The molecule has 0 radical (unpaired) electrons. The molecule has 0 bridgehead atoms. The first-order valence-electron chi connectivity index (χ1n) is 7.11. The maximum Gasteiger partial charge on any atom is 0.243 e. The molecule has 1 aromatic rings. The van der Waals surface area contributed by atoms with Gasteiger partial charge in [0.15, 0.2) is 0 Å². The van der Waals surface area contributed by atoms with Crippen LogP contribution in [0.5, 0.6) is 11.5 Å². The third kappa shape index (κ3) is 4.00. The Morgan fingerprint density at radius 3 is 2.91 bits per heavy atom. The van der Waals surface area contributed by atoms with Crippen LogP contribution in [0.25, 0.3) is 0 Å². The van der Waals surface area contributed by atoms with Crippen LogP contribution in [0, 0.1) is 5.92 Å². The number of amides is 2. The molecule has 6 heteroatoms. The molecule has 1 aliphatic heterocycles. The summed E-state index contributed by atoms with van der Waals surface area (Å²) in [4.78, 5) is 23.1. The van der Waals surface area contributed by atoms with E-state index in [4.69, 9.17) is 9.47 Å². The van der Waals surface area contributed by atoms with Gasteiger partial charge in [0, 0.05) is 13.1 Å². The zero-order valence-corrected chi connectivity index (χ0v) is 12.6. The molecule has 0 aliphatic carbocycles. The Morgan fingerprint density at radius 1 is 1.41 bits per heavy atom. The topological polar surface area (TPSA) is 76.7 Å². The lowest BCUT2D eigenvalue weighted by molar-refractivity contribution is -0.126. The van der Waals surface area contributed by atoms with Crippen LogP contribution in [0.4, 0.5) is 0 Å². The van der Waals surface area contributed by atoms with E-state index >= 15 is 0 Å². The number of ether oxygens (including phenoxy) is 2. The van der Waals surface area contributed by atoms with E-state index in [1.54, 1.807) is 7.11 Å². The van der Waals surface area contributed by atoms with Crippen molar-refractivity contribution in [3.05, 3.63) is 36.4 Å². The van der Waals surface area contributed by atoms with E-state index in [9.17, 15) is 9.59 Å². The standard InChI is InChI=1S/C16H20N2O4/c1-3-15(19)17-6-7-18-16(20)12-8-11-9-13(21-2)4-5-14(11)22-10-12/h3-5,9,12H,1,6-8,10H2,2H3,(H,17,19)(H,18,20). The number of methoxy groups -OCH3 is 1. The van der Waals surface area contributed by atoms with Gasteiger partial charge in [-0.15, -0.1) is 0 Å². The summed E-state index contributed by atoms with van der Waals surface area (Å²) in [6, 6.07) is 5.58. The van der Waals surface area contributed by atoms with Crippen LogP contribution in [0.1, 0.15) is 5.56 Å². The van der Waals surface area contributed by atoms with Crippen LogP contribution < -0.4 is 20.1 Å². The van der Waals surface area contributed by atoms with Gasteiger partial charge in [-0.1, -0.05) is 6.58 Å². The number of fused-ring (bicyclic) bond motifs is 1. The van der Waals surface area contributed by atoms with Crippen LogP contribution in [0.3, 0.4) is 0 Å². The van der Waals surface area contributed by atoms with Gasteiger partial charge in [0.2, 0.25) is 11.8 Å². The number of carbonyl (C=O) groups excluding carboxylic acids is 2. The molecule has 0 saturated heterocycles. The zero-order chi connectivity index (χ0) is 15.9. The summed E-state index contributed by atoms with van der Waals surface area (Å²) in [5.41, 5.74) is 0.964. The zero-order valence-electron chi connectivity index (χ0n) is 12.6. The van der Waals surface area contributed by atoms with E-state index in [2.05, 4.69) is 17.2 Å². The summed E-state index contributed by atoms with van der Waals surface area (Å²) in [5.74, 6) is 0.964. The lowest BCUT2D eigenvalue weighted by Gasteiger charge is -2.25. The van der Waals surface area contributed by atoms with Gasteiger partial charge in [-0.05, 0) is 36.3 Å². The molecule has 2 N–H and O–H groups in total. The van der Waals surface area contributed by atoms with Gasteiger partial charge in [0.1, 0.15) is 18.1 Å². The number of rotatable bonds is 6. The van der Waals surface area contributed by atoms with Gasteiger partial charge in [0.25, 0.3) is 0 Å². The Morgan fingerprint density at radius 2 is 2.18 bits per heavy atom. The smallest absolute Gasteiger partial charge is 0.243 e. The second-order valence-corrected chi connectivity index (χ2v) is 4.97. The predicted molar refractivity (Wildman–Crippen MR) is 81.9 cm³/mol. The Hall–Kier alpha value is -2.50. The number of carbonyl (C=O) groups is 2. The molecule has 0 spiro atoms. The van der Waals surface area contributed by atoms with Gasteiger partial charge in [-0.3, -0.25) is 9.59 Å². The summed E-state index contributed by atoms with van der Waals surface area (Å²) in [7, 11) is 1.60. The van der Waals surface area contributed by atoms with Gasteiger partial charge < -0.3 is 20.1 Å². The van der Waals surface area contributed by atoms with Gasteiger partial charge >= 0.3 is 0 Å². The molecule has 0 saturated carbocycles. The minimum atomic E-state index is -0.253. The molecule has 1 aromatic carbocycles. The van der Waals surface area contributed by atoms with E-state index in [1.807, 2.05) is 18.2 Å². The van der Waals surface area contributed by atoms with E-state index in [0.717, 1.165) is 17.1 Å². The first kappa shape index (κ1) is 15.9. The van der Waals surface area contributed by atoms with Crippen LogP contribution in [0.2, 0.25) is 0 Å². The third-order valence-electron chi connectivity index (χ3n) is 3.45. The average molecular weight is 304 g/mol. The number of nitrogens with one attached hydrogen (secondary N) is 2. The maximum absolute atomic E-state index is 12.1. The monoisotopic (exact) mass is 304 g/mol. The third-order valence-corrected chi connectivity index (χ3v) is 3.45. The van der Waals surface area contributed by atoms with Gasteiger partial charge in [-0.2, -0.15) is 0 Å². The fourth-order valence-electron chi connectivity index (χ4n) is 2.25. The Balaban J connectivity index is 1.84. The average Bonchev–Trinajstić information content (AvgIpc) is 2.57. The lowest BCUT2D eigenvalue weighted by atomic mass is 9.96. The van der Waals surface area contributed by atoms with Gasteiger partial charge in [-0.25, -0.2) is 0 Å². The molecular weight excluding hydrogens is 284 g/mol. The van der Waals surface area contributed by atoms with E-state index in [0.29, 0.717) is 26.1 Å². The van der Waals surface area contributed by atoms with Gasteiger partial charge in [0.05, 0.1) is 13.0 Å². The molecule has 6 nitrogen and oxygen atoms in total. The highest BCUT2D eigenvalue weighted by molar-refractivity contribution is 5.86. The molecular formula is C16H20N2O4. The highest BCUT2D eigenvalue weighted by Crippen LogP contribution is 2.30. The van der Waals surface area contributed by atoms with Crippen molar-refractivity contribution < 1.29 is 19.1 Å². The maximum atomic E-state index is 12.1. The Bertz CT molecular complexity index is 571. The van der Waals surface area contributed by atoms with Crippen molar-refractivity contribution in [2.45, 2.75) is 6.42 Å². The highest BCUT2D eigenvalue weighted by atomic mass is 16.5. The molecule has 2 amide bonds. The minimum Gasteiger partial charge on any atom is -0.497 e. The number of hydrogen-bond donors (Lipinski definition) is 2. The summed E-state index contributed by atoms with van der Waals surface area (Å²) in [5, 5.41) is 5.39. The van der Waals surface area contributed by atoms with Crippen LogP contribution in [0.15, 0.2) is 30.9 Å². The van der Waals surface area contributed by atoms with E-state index in [1.165, 1.54) is 6.08 Å². The number of benzene rings is 1. The molecule has 1 heterocycles. The molecule has 118 valence electrons. The summed E-state index contributed by atoms with van der Waals surface area (Å²) in [6.45, 7) is 4.45. The van der Waals surface area contributed by atoms with Crippen LogP contribution >= 0.6 is 0 Å². The summed E-state index contributed by atoms with van der Waals surface area (Å²) >= 11 is 0. The second-order valence-electron chi connectivity index (χ2n) is 4.97. The fraction of sp³-hybridized carbons (Fsp3) is 0.375. The van der Waals surface area contributed by atoms with Crippen molar-refractivity contribution in [3.63, 3.8) is 0 Å². The largest absolute Gasteiger partial charge is 0.497 e. The number of hydrogen-bond acceptors (Lipinski definition) is 4.